The van der Waals surface area contributed by atoms with E-state index in [0.717, 1.165) is 0 Å². The van der Waals surface area contributed by atoms with Gasteiger partial charge in [-0.15, -0.1) is 0 Å². The summed E-state index contributed by atoms with van der Waals surface area (Å²) in [5, 5.41) is 11.4. The third-order valence-corrected chi connectivity index (χ3v) is 5.57. The number of carboxylic acid groups (broad SMARTS) is 1. The van der Waals surface area contributed by atoms with E-state index in [4.69, 9.17) is 14.6 Å². The number of esters is 1. The number of fused-ring (bicyclic) bond motifs is 1. The number of piperidine rings is 1. The zero-order chi connectivity index (χ0) is 21.4. The van der Waals surface area contributed by atoms with Gasteiger partial charge in [0, 0.05) is 18.9 Å². The topological polar surface area (TPSA) is 122 Å². The molecule has 1 aliphatic heterocycles. The molecule has 2 amide bonds. The monoisotopic (exact) mass is 398 g/mol. The van der Waals surface area contributed by atoms with Gasteiger partial charge in [0.1, 0.15) is 17.7 Å². The molecule has 0 bridgehead atoms. The van der Waals surface area contributed by atoms with Gasteiger partial charge >= 0.3 is 18.0 Å². The first-order valence-corrected chi connectivity index (χ1v) is 9.39. The van der Waals surface area contributed by atoms with Gasteiger partial charge in [-0.1, -0.05) is 13.8 Å². The Morgan fingerprint density at radius 3 is 2.36 bits per heavy atom. The molecule has 2 N–H and O–H groups in total. The van der Waals surface area contributed by atoms with Gasteiger partial charge in [0.2, 0.25) is 5.91 Å². The summed E-state index contributed by atoms with van der Waals surface area (Å²) in [4.78, 5) is 50.0. The number of rotatable bonds is 6. The lowest BCUT2D eigenvalue weighted by molar-refractivity contribution is -0.154. The molecule has 2 rings (SSSR count). The first-order valence-electron chi connectivity index (χ1n) is 9.39. The number of nitrogens with one attached hydrogen (secondary N) is 1. The second-order valence-corrected chi connectivity index (χ2v) is 9.04. The highest BCUT2D eigenvalue weighted by Crippen LogP contribution is 2.65. The van der Waals surface area contributed by atoms with Crippen LogP contribution in [-0.4, -0.2) is 65.3 Å². The zero-order valence-electron chi connectivity index (χ0n) is 17.3. The van der Waals surface area contributed by atoms with Crippen LogP contribution in [0.15, 0.2) is 0 Å². The van der Waals surface area contributed by atoms with Gasteiger partial charge in [0.05, 0.1) is 7.11 Å². The average Bonchev–Trinajstić information content (AvgIpc) is 2.93. The number of likely N-dealkylation sites (tertiary alicyclic amines) is 1. The van der Waals surface area contributed by atoms with E-state index < -0.39 is 41.6 Å². The van der Waals surface area contributed by atoms with E-state index >= 15 is 0 Å². The maximum Gasteiger partial charge on any atom is 0.408 e. The fourth-order valence-electron chi connectivity index (χ4n) is 4.08. The number of aliphatic carboxylic acids is 1. The van der Waals surface area contributed by atoms with E-state index in [2.05, 4.69) is 5.32 Å². The van der Waals surface area contributed by atoms with Crippen LogP contribution in [0.25, 0.3) is 0 Å². The fraction of sp³-hybridized carbons (Fsp3) is 0.789. The normalized spacial score (nSPS) is 26.1. The predicted molar refractivity (Wildman–Crippen MR) is 98.3 cm³/mol. The molecular weight excluding hydrogens is 368 g/mol. The van der Waals surface area contributed by atoms with Gasteiger partial charge < -0.3 is 24.8 Å². The smallest absolute Gasteiger partial charge is 0.408 e. The lowest BCUT2D eigenvalue weighted by Crippen LogP contribution is -2.54. The predicted octanol–water partition coefficient (Wildman–Crippen LogP) is 1.40. The van der Waals surface area contributed by atoms with Crippen LogP contribution < -0.4 is 5.32 Å². The highest BCUT2D eigenvalue weighted by atomic mass is 16.6. The molecule has 0 spiro atoms. The number of carbonyl (C=O) groups is 4. The molecule has 2 aliphatic rings. The number of methoxy groups -OCH3 is 1. The molecule has 1 saturated heterocycles. The van der Waals surface area contributed by atoms with Crippen LogP contribution >= 0.6 is 0 Å². The summed E-state index contributed by atoms with van der Waals surface area (Å²) in [7, 11) is 1.27. The van der Waals surface area contributed by atoms with Crippen molar-refractivity contribution >= 4 is 23.9 Å². The summed E-state index contributed by atoms with van der Waals surface area (Å²) in [5.41, 5.74) is -0.830. The van der Waals surface area contributed by atoms with Gasteiger partial charge in [-0.05, 0) is 38.5 Å². The van der Waals surface area contributed by atoms with Crippen molar-refractivity contribution in [1.29, 1.82) is 0 Å². The van der Waals surface area contributed by atoms with Gasteiger partial charge in [-0.25, -0.2) is 9.59 Å². The lowest BCUT2D eigenvalue weighted by Gasteiger charge is -2.32. The molecule has 0 radical (unpaired) electrons. The number of amides is 2. The molecule has 2 fully saturated rings. The van der Waals surface area contributed by atoms with Crippen LogP contribution in [0, 0.1) is 17.3 Å². The van der Waals surface area contributed by atoms with Crippen LogP contribution in [0.4, 0.5) is 4.79 Å². The van der Waals surface area contributed by atoms with Crippen molar-refractivity contribution in [3.8, 4) is 0 Å². The standard InChI is InChI=1S/C19H30N2O7/c1-18(2,3)28-17(26)20-11(7-8-12(22)23)15(24)21-9-10-13(19(10,4)5)14(21)16(25)27-6/h10-11,13-14H,7-9H2,1-6H3,(H,20,26)(H,22,23)/t10?,11-,13?,14-/m0/s1. The summed E-state index contributed by atoms with van der Waals surface area (Å²) in [5.74, 6) is -1.92. The SMILES string of the molecule is COC(=O)[C@@H]1C2C(CN1C(=O)[C@H](CCC(=O)O)NC(=O)OC(C)(C)C)C2(C)C. The highest BCUT2D eigenvalue weighted by molar-refractivity contribution is 5.91. The third kappa shape index (κ3) is 4.56. The van der Waals surface area contributed by atoms with E-state index in [1.807, 2.05) is 13.8 Å². The Kier molecular flexibility index (Phi) is 5.96. The maximum atomic E-state index is 13.1. The molecule has 4 atom stereocenters. The minimum atomic E-state index is -1.10. The number of ether oxygens (including phenoxy) is 2. The van der Waals surface area contributed by atoms with Gasteiger partial charge in [0.15, 0.2) is 0 Å². The average molecular weight is 398 g/mol. The first kappa shape index (κ1) is 22.0. The van der Waals surface area contributed by atoms with E-state index in [1.165, 1.54) is 12.0 Å². The summed E-state index contributed by atoms with van der Waals surface area (Å²) in [6.07, 6.45) is -1.21. The van der Waals surface area contributed by atoms with Crippen LogP contribution in [0.2, 0.25) is 0 Å². The number of nitrogens with zero attached hydrogens (tertiary/aromatic N) is 1. The summed E-state index contributed by atoms with van der Waals surface area (Å²) in [6, 6.07) is -1.83. The Bertz CT molecular complexity index is 668. The van der Waals surface area contributed by atoms with Crippen molar-refractivity contribution in [3.05, 3.63) is 0 Å². The van der Waals surface area contributed by atoms with Crippen molar-refractivity contribution in [2.24, 2.45) is 17.3 Å². The van der Waals surface area contributed by atoms with Crippen LogP contribution in [0.5, 0.6) is 0 Å². The van der Waals surface area contributed by atoms with Gasteiger partial charge in [-0.2, -0.15) is 0 Å². The van der Waals surface area contributed by atoms with Crippen LogP contribution in [-0.2, 0) is 23.9 Å². The quantitative estimate of drug-likeness (QED) is 0.649. The van der Waals surface area contributed by atoms with Gasteiger partial charge in [-0.3, -0.25) is 9.59 Å². The van der Waals surface area contributed by atoms with Crippen molar-refractivity contribution in [2.45, 2.75) is 65.1 Å². The molecule has 1 heterocycles. The number of hydrogen-bond donors (Lipinski definition) is 2. The Labute approximate surface area is 164 Å². The Morgan fingerprint density at radius 2 is 1.86 bits per heavy atom. The van der Waals surface area contributed by atoms with Crippen LogP contribution in [0.3, 0.4) is 0 Å². The van der Waals surface area contributed by atoms with E-state index in [0.29, 0.717) is 6.54 Å². The number of carboxylic acids is 1. The van der Waals surface area contributed by atoms with Crippen molar-refractivity contribution in [2.75, 3.05) is 13.7 Å². The number of alkyl carbamates (subject to hydrolysis) is 1. The van der Waals surface area contributed by atoms with Crippen molar-refractivity contribution in [3.63, 3.8) is 0 Å². The Hall–Kier alpha value is -2.32. The summed E-state index contributed by atoms with van der Waals surface area (Å²) < 4.78 is 10.1. The largest absolute Gasteiger partial charge is 0.481 e. The molecule has 1 aliphatic carbocycles. The van der Waals surface area contributed by atoms with E-state index in [-0.39, 0.29) is 30.1 Å². The van der Waals surface area contributed by atoms with E-state index in [9.17, 15) is 19.2 Å². The number of hydrogen-bond acceptors (Lipinski definition) is 6. The molecule has 2 unspecified atom stereocenters. The lowest BCUT2D eigenvalue weighted by atomic mass is 9.99. The molecule has 1 saturated carbocycles. The fourth-order valence-corrected chi connectivity index (χ4v) is 4.08. The molecule has 0 aromatic heterocycles. The Balaban J connectivity index is 2.17. The molecular formula is C19H30N2O7. The summed E-state index contributed by atoms with van der Waals surface area (Å²) in [6.45, 7) is 9.51. The second kappa shape index (κ2) is 7.60. The molecule has 0 aromatic rings. The third-order valence-electron chi connectivity index (χ3n) is 5.57. The highest BCUT2D eigenvalue weighted by Gasteiger charge is 2.70. The molecule has 9 nitrogen and oxygen atoms in total. The minimum Gasteiger partial charge on any atom is -0.481 e. The minimum absolute atomic E-state index is 0.00875. The zero-order valence-corrected chi connectivity index (χ0v) is 17.3. The van der Waals surface area contributed by atoms with E-state index in [1.54, 1.807) is 20.8 Å². The Morgan fingerprint density at radius 1 is 1.25 bits per heavy atom. The maximum absolute atomic E-state index is 13.1. The molecule has 28 heavy (non-hydrogen) atoms. The molecule has 0 aromatic carbocycles. The van der Waals surface area contributed by atoms with Crippen LogP contribution in [0.1, 0.15) is 47.5 Å². The first-order chi connectivity index (χ1) is 12.8. The van der Waals surface area contributed by atoms with Gasteiger partial charge in [0.25, 0.3) is 0 Å². The summed E-state index contributed by atoms with van der Waals surface area (Å²) >= 11 is 0. The number of carbonyl (C=O) groups excluding carboxylic acids is 3. The molecule has 9 heteroatoms. The van der Waals surface area contributed by atoms with Crippen molar-refractivity contribution < 1.29 is 33.8 Å². The van der Waals surface area contributed by atoms with Crippen molar-refractivity contribution in [1.82, 2.24) is 10.2 Å². The molecule has 158 valence electrons. The second-order valence-electron chi connectivity index (χ2n) is 9.04.